The molecular formula is C35H49FN2O2. The molecule has 218 valence electrons. The molecule has 0 saturated heterocycles. The van der Waals surface area contributed by atoms with E-state index in [1.807, 2.05) is 13.1 Å². The second kappa shape index (κ2) is 14.9. The van der Waals surface area contributed by atoms with Crippen LogP contribution in [-0.4, -0.2) is 30.4 Å². The van der Waals surface area contributed by atoms with E-state index in [0.717, 1.165) is 52.0 Å². The van der Waals surface area contributed by atoms with Crippen molar-refractivity contribution in [2.45, 2.75) is 75.2 Å². The van der Waals surface area contributed by atoms with Crippen LogP contribution in [0.15, 0.2) is 88.6 Å². The van der Waals surface area contributed by atoms with Crippen molar-refractivity contribution in [1.29, 1.82) is 0 Å². The van der Waals surface area contributed by atoms with Gasteiger partial charge in [-0.05, 0) is 104 Å². The summed E-state index contributed by atoms with van der Waals surface area (Å²) in [4.78, 5) is 15.4. The van der Waals surface area contributed by atoms with E-state index in [4.69, 9.17) is 5.11 Å². The molecule has 0 atom stereocenters. The molecule has 0 aliphatic rings. The largest absolute Gasteiger partial charge is 0.481 e. The molecule has 0 saturated carbocycles. The van der Waals surface area contributed by atoms with Crippen LogP contribution in [0.1, 0.15) is 79.4 Å². The maximum atomic E-state index is 14.2. The second-order valence-electron chi connectivity index (χ2n) is 12.1. The zero-order valence-electron chi connectivity index (χ0n) is 26.3. The van der Waals surface area contributed by atoms with Crippen molar-refractivity contribution in [3.8, 4) is 0 Å². The minimum absolute atomic E-state index is 0.0935. The van der Waals surface area contributed by atoms with Crippen molar-refractivity contribution in [1.82, 2.24) is 5.32 Å². The SMILES string of the molecule is C=C(\C=C(/C(C)=C(C)/C=C/C(C)(C)C(=C)/C(=C\N=C(C)CC(=O)O)CCNC)C(C)(C)C)c1ccc(C)c(F)c1. The number of carboxylic acid groups (broad SMARTS) is 1. The number of aliphatic imine (C=N–C) groups is 1. The number of aliphatic carboxylic acids is 1. The molecule has 0 aromatic heterocycles. The zero-order chi connectivity index (χ0) is 30.8. The van der Waals surface area contributed by atoms with Crippen LogP contribution in [0.5, 0.6) is 0 Å². The Morgan fingerprint density at radius 2 is 1.75 bits per heavy atom. The van der Waals surface area contributed by atoms with Gasteiger partial charge in [-0.2, -0.15) is 0 Å². The van der Waals surface area contributed by atoms with Crippen molar-refractivity contribution in [3.63, 3.8) is 0 Å². The highest BCUT2D eigenvalue weighted by Crippen LogP contribution is 2.37. The molecule has 0 aliphatic heterocycles. The summed E-state index contributed by atoms with van der Waals surface area (Å²) in [5.74, 6) is -1.13. The van der Waals surface area contributed by atoms with Crippen molar-refractivity contribution >= 4 is 17.3 Å². The lowest BCUT2D eigenvalue weighted by Gasteiger charge is -2.27. The van der Waals surface area contributed by atoms with Crippen LogP contribution in [0.3, 0.4) is 0 Å². The van der Waals surface area contributed by atoms with Crippen molar-refractivity contribution in [3.05, 3.63) is 101 Å². The van der Waals surface area contributed by atoms with Crippen LogP contribution in [0.4, 0.5) is 4.39 Å². The Morgan fingerprint density at radius 3 is 2.27 bits per heavy atom. The Kier molecular flexibility index (Phi) is 12.9. The number of hydrogen-bond acceptors (Lipinski definition) is 3. The fourth-order valence-corrected chi connectivity index (χ4v) is 4.13. The molecule has 40 heavy (non-hydrogen) atoms. The zero-order valence-corrected chi connectivity index (χ0v) is 26.3. The van der Waals surface area contributed by atoms with Gasteiger partial charge in [-0.3, -0.25) is 9.79 Å². The molecule has 1 aromatic carbocycles. The topological polar surface area (TPSA) is 61.7 Å². The highest BCUT2D eigenvalue weighted by Gasteiger charge is 2.23. The quantitative estimate of drug-likeness (QED) is 0.191. The van der Waals surface area contributed by atoms with Gasteiger partial charge in [-0.15, -0.1) is 0 Å². The van der Waals surface area contributed by atoms with Gasteiger partial charge in [-0.25, -0.2) is 4.39 Å². The molecule has 0 unspecified atom stereocenters. The molecule has 0 amide bonds. The van der Waals surface area contributed by atoms with Crippen molar-refractivity contribution < 1.29 is 14.3 Å². The Bertz CT molecular complexity index is 1260. The number of nitrogens with zero attached hydrogens (tertiary/aromatic N) is 1. The molecule has 0 radical (unpaired) electrons. The van der Waals surface area contributed by atoms with Crippen molar-refractivity contribution in [2.24, 2.45) is 15.8 Å². The van der Waals surface area contributed by atoms with Crippen LogP contribution in [-0.2, 0) is 4.79 Å². The lowest BCUT2D eigenvalue weighted by Crippen LogP contribution is -2.16. The van der Waals surface area contributed by atoms with Crippen LogP contribution in [0, 0.1) is 23.6 Å². The van der Waals surface area contributed by atoms with Gasteiger partial charge in [0, 0.05) is 17.3 Å². The third kappa shape index (κ3) is 10.7. The van der Waals surface area contributed by atoms with E-state index in [2.05, 4.69) is 90.2 Å². The Hall–Kier alpha value is -3.31. The Labute approximate surface area is 241 Å². The second-order valence-corrected chi connectivity index (χ2v) is 12.1. The monoisotopic (exact) mass is 548 g/mol. The van der Waals surface area contributed by atoms with Crippen LogP contribution >= 0.6 is 0 Å². The number of carboxylic acids is 1. The standard InChI is InChI=1S/C35H49FN2O2/c1-23(27(5)31(34(7,8)9)19-25(3)29-14-13-24(2)32(36)21-29)15-17-35(10,11)28(6)30(16-18-37-12)22-38-26(4)20-33(39)40/h13-15,17,19,21-22,37H,3,6,16,18,20H2,1-2,4-5,7-12H3,(H,39,40)/b17-15+,27-23+,30-22-,31-19+,38-26?. The molecular weight excluding hydrogens is 499 g/mol. The van der Waals surface area contributed by atoms with Gasteiger partial charge in [0.2, 0.25) is 0 Å². The molecule has 0 spiro atoms. The molecule has 0 aliphatic carbocycles. The summed E-state index contributed by atoms with van der Waals surface area (Å²) in [5, 5.41) is 12.2. The number of allylic oxidation sites excluding steroid dienone is 8. The molecule has 0 fully saturated rings. The normalized spacial score (nSPS) is 14.4. The maximum Gasteiger partial charge on any atom is 0.309 e. The molecule has 1 aromatic rings. The van der Waals surface area contributed by atoms with Gasteiger partial charge in [0.25, 0.3) is 0 Å². The Balaban J connectivity index is 3.40. The highest BCUT2D eigenvalue weighted by atomic mass is 19.1. The Morgan fingerprint density at radius 1 is 1.12 bits per heavy atom. The highest BCUT2D eigenvalue weighted by molar-refractivity contribution is 5.97. The first-order valence-corrected chi connectivity index (χ1v) is 13.7. The van der Waals surface area contributed by atoms with Crippen LogP contribution in [0.25, 0.3) is 5.57 Å². The number of nitrogens with one attached hydrogen (secondary N) is 1. The summed E-state index contributed by atoms with van der Waals surface area (Å²) >= 11 is 0. The number of rotatable bonds is 13. The summed E-state index contributed by atoms with van der Waals surface area (Å²) in [5.41, 5.74) is 7.46. The average Bonchev–Trinajstić information content (AvgIpc) is 2.85. The van der Waals surface area contributed by atoms with Crippen LogP contribution in [0.2, 0.25) is 0 Å². The van der Waals surface area contributed by atoms with E-state index >= 15 is 0 Å². The van der Waals surface area contributed by atoms with Gasteiger partial charge in [0.05, 0.1) is 6.42 Å². The molecule has 2 N–H and O–H groups in total. The lowest BCUT2D eigenvalue weighted by atomic mass is 9.78. The fourth-order valence-electron chi connectivity index (χ4n) is 4.13. The number of halogens is 1. The third-order valence-corrected chi connectivity index (χ3v) is 7.07. The number of carbonyl (C=O) groups is 1. The van der Waals surface area contributed by atoms with Gasteiger partial charge >= 0.3 is 5.97 Å². The van der Waals surface area contributed by atoms with Crippen molar-refractivity contribution in [2.75, 3.05) is 13.6 Å². The van der Waals surface area contributed by atoms with E-state index in [9.17, 15) is 9.18 Å². The molecule has 4 nitrogen and oxygen atoms in total. The average molecular weight is 549 g/mol. The summed E-state index contributed by atoms with van der Waals surface area (Å²) in [6.07, 6.45) is 8.73. The van der Waals surface area contributed by atoms with E-state index < -0.39 is 5.97 Å². The summed E-state index contributed by atoms with van der Waals surface area (Å²) in [6.45, 7) is 27.8. The van der Waals surface area contributed by atoms with E-state index in [0.29, 0.717) is 11.3 Å². The minimum atomic E-state index is -0.899. The first kappa shape index (κ1) is 34.7. The van der Waals surface area contributed by atoms with Gasteiger partial charge in [0.15, 0.2) is 0 Å². The lowest BCUT2D eigenvalue weighted by molar-refractivity contribution is -0.135. The first-order chi connectivity index (χ1) is 18.4. The molecule has 0 heterocycles. The van der Waals surface area contributed by atoms with E-state index in [-0.39, 0.29) is 23.1 Å². The number of aryl methyl sites for hydroxylation is 1. The predicted octanol–water partition coefficient (Wildman–Crippen LogP) is 9.02. The smallest absolute Gasteiger partial charge is 0.309 e. The molecule has 5 heteroatoms. The van der Waals surface area contributed by atoms with Gasteiger partial charge in [-0.1, -0.05) is 78.1 Å². The first-order valence-electron chi connectivity index (χ1n) is 13.7. The molecule has 0 bridgehead atoms. The molecule has 1 rings (SSSR count). The third-order valence-electron chi connectivity index (χ3n) is 7.07. The number of benzene rings is 1. The number of hydrogen-bond donors (Lipinski definition) is 2. The van der Waals surface area contributed by atoms with E-state index in [1.165, 1.54) is 0 Å². The van der Waals surface area contributed by atoms with Gasteiger partial charge in [0.1, 0.15) is 5.82 Å². The predicted molar refractivity (Wildman–Crippen MR) is 170 cm³/mol. The fraction of sp³-hybridized carbons (Fsp3) is 0.429. The van der Waals surface area contributed by atoms with E-state index in [1.54, 1.807) is 32.2 Å². The van der Waals surface area contributed by atoms with Gasteiger partial charge < -0.3 is 10.4 Å². The summed E-state index contributed by atoms with van der Waals surface area (Å²) in [6, 6.07) is 5.23. The minimum Gasteiger partial charge on any atom is -0.481 e. The maximum absolute atomic E-state index is 14.2. The summed E-state index contributed by atoms with van der Waals surface area (Å²) in [7, 11) is 1.89. The van der Waals surface area contributed by atoms with Crippen LogP contribution < -0.4 is 5.32 Å². The summed E-state index contributed by atoms with van der Waals surface area (Å²) < 4.78 is 14.2.